The average Bonchev–Trinajstić information content (AvgIpc) is 3.00. The van der Waals surface area contributed by atoms with Crippen molar-refractivity contribution in [1.82, 2.24) is 9.97 Å². The first kappa shape index (κ1) is 18.2. The Kier molecular flexibility index (Phi) is 5.61. The molecule has 0 amide bonds. The molecule has 0 aliphatic rings. The number of rotatable bonds is 5. The van der Waals surface area contributed by atoms with E-state index in [2.05, 4.69) is 15.3 Å². The van der Waals surface area contributed by atoms with Gasteiger partial charge in [0.25, 0.3) is 0 Å². The number of benzene rings is 1. The van der Waals surface area contributed by atoms with Crippen molar-refractivity contribution in [3.05, 3.63) is 41.0 Å². The first-order valence-electron chi connectivity index (χ1n) is 7.81. The van der Waals surface area contributed by atoms with Crippen molar-refractivity contribution in [2.75, 3.05) is 0 Å². The largest absolute Gasteiger partial charge is 0.462 e. The molecule has 1 aromatic carbocycles. The number of thiophene rings is 1. The molecule has 7 heteroatoms. The van der Waals surface area contributed by atoms with Crippen LogP contribution in [0.4, 0.5) is 0 Å². The van der Waals surface area contributed by atoms with Crippen molar-refractivity contribution in [1.29, 1.82) is 0 Å². The summed E-state index contributed by atoms with van der Waals surface area (Å²) in [6, 6.07) is 7.67. The Bertz CT molecular complexity index is 894. The van der Waals surface area contributed by atoms with Crippen LogP contribution < -0.4 is 0 Å². The third kappa shape index (κ3) is 4.14. The van der Waals surface area contributed by atoms with Gasteiger partial charge in [-0.25, -0.2) is 9.97 Å². The zero-order valence-corrected chi connectivity index (χ0v) is 16.4. The summed E-state index contributed by atoms with van der Waals surface area (Å²) in [6.45, 7) is 5.52. The van der Waals surface area contributed by atoms with E-state index in [4.69, 9.17) is 16.3 Å². The summed E-state index contributed by atoms with van der Waals surface area (Å²) in [5.74, 6) is -0.241. The van der Waals surface area contributed by atoms with E-state index in [-0.39, 0.29) is 17.3 Å². The predicted molar refractivity (Wildman–Crippen MR) is 104 cm³/mol. The van der Waals surface area contributed by atoms with Gasteiger partial charge in [-0.05, 0) is 38.5 Å². The number of carbonyl (C=O) groups is 1. The van der Waals surface area contributed by atoms with E-state index >= 15 is 0 Å². The van der Waals surface area contributed by atoms with Gasteiger partial charge in [-0.15, -0.1) is 11.3 Å². The maximum atomic E-state index is 12.1. The molecule has 1 atom stereocenters. The van der Waals surface area contributed by atoms with Crippen LogP contribution in [0.5, 0.6) is 0 Å². The summed E-state index contributed by atoms with van der Waals surface area (Å²) in [7, 11) is 0. The minimum atomic E-state index is -0.349. The highest BCUT2D eigenvalue weighted by atomic mass is 35.5. The zero-order chi connectivity index (χ0) is 18.0. The molecule has 3 aromatic rings. The smallest absolute Gasteiger partial charge is 0.319 e. The van der Waals surface area contributed by atoms with E-state index in [0.717, 1.165) is 26.4 Å². The summed E-state index contributed by atoms with van der Waals surface area (Å²) in [5, 5.41) is 4.15. The zero-order valence-electron chi connectivity index (χ0n) is 14.0. The molecule has 0 bridgehead atoms. The van der Waals surface area contributed by atoms with Gasteiger partial charge in [-0.3, -0.25) is 4.79 Å². The van der Waals surface area contributed by atoms with Crippen molar-refractivity contribution in [3.8, 4) is 11.1 Å². The second-order valence-electron chi connectivity index (χ2n) is 5.76. The molecular formula is C18H17ClN2O2S2. The number of ether oxygens (including phenoxy) is 1. The van der Waals surface area contributed by atoms with Crippen LogP contribution in [0.1, 0.15) is 20.8 Å². The van der Waals surface area contributed by atoms with E-state index in [1.165, 1.54) is 18.1 Å². The molecular weight excluding hydrogens is 376 g/mol. The van der Waals surface area contributed by atoms with Crippen molar-refractivity contribution in [2.24, 2.45) is 0 Å². The van der Waals surface area contributed by atoms with Gasteiger partial charge in [0.1, 0.15) is 21.4 Å². The number of aromatic nitrogens is 2. The predicted octanol–water partition coefficient (Wildman–Crippen LogP) is 5.44. The molecule has 0 radical (unpaired) electrons. The summed E-state index contributed by atoms with van der Waals surface area (Å²) < 4.78 is 5.29. The molecule has 2 heterocycles. The Morgan fingerprint density at radius 2 is 1.92 bits per heavy atom. The number of esters is 1. The summed E-state index contributed by atoms with van der Waals surface area (Å²) in [4.78, 5) is 21.8. The minimum Gasteiger partial charge on any atom is -0.462 e. The van der Waals surface area contributed by atoms with E-state index in [1.807, 2.05) is 45.0 Å². The van der Waals surface area contributed by atoms with Crippen LogP contribution in [-0.2, 0) is 9.53 Å². The van der Waals surface area contributed by atoms with Crippen molar-refractivity contribution in [3.63, 3.8) is 0 Å². The van der Waals surface area contributed by atoms with Crippen LogP contribution >= 0.6 is 34.7 Å². The molecule has 3 rings (SSSR count). The number of hydrogen-bond acceptors (Lipinski definition) is 6. The monoisotopic (exact) mass is 392 g/mol. The fourth-order valence-corrected chi connectivity index (χ4v) is 4.35. The maximum Gasteiger partial charge on any atom is 0.319 e. The van der Waals surface area contributed by atoms with Gasteiger partial charge in [-0.1, -0.05) is 35.5 Å². The molecule has 25 heavy (non-hydrogen) atoms. The van der Waals surface area contributed by atoms with E-state index < -0.39 is 0 Å². The molecule has 0 spiro atoms. The van der Waals surface area contributed by atoms with Gasteiger partial charge in [0.15, 0.2) is 0 Å². The van der Waals surface area contributed by atoms with Crippen LogP contribution in [0, 0.1) is 0 Å². The molecule has 0 aliphatic heterocycles. The highest BCUT2D eigenvalue weighted by Gasteiger charge is 2.21. The maximum absolute atomic E-state index is 12.1. The van der Waals surface area contributed by atoms with Gasteiger partial charge in [0.2, 0.25) is 0 Å². The lowest BCUT2D eigenvalue weighted by Crippen LogP contribution is -2.20. The highest BCUT2D eigenvalue weighted by Crippen LogP contribution is 2.39. The first-order chi connectivity index (χ1) is 12.0. The number of hydrogen-bond donors (Lipinski definition) is 0. The van der Waals surface area contributed by atoms with Crippen LogP contribution in [0.25, 0.3) is 21.3 Å². The Morgan fingerprint density at radius 3 is 2.60 bits per heavy atom. The SMILES string of the molecule is CC(C)OC(=O)[C@H](C)Sc1ncnc2scc(-c3ccc(Cl)cc3)c12. The molecule has 0 N–H and O–H groups in total. The Balaban J connectivity index is 1.97. The number of thioether (sulfide) groups is 1. The third-order valence-electron chi connectivity index (χ3n) is 3.46. The molecule has 0 saturated heterocycles. The molecule has 4 nitrogen and oxygen atoms in total. The van der Waals surface area contributed by atoms with Gasteiger partial charge in [-0.2, -0.15) is 0 Å². The lowest BCUT2D eigenvalue weighted by Gasteiger charge is -2.13. The Labute approximate surface area is 159 Å². The van der Waals surface area contributed by atoms with Crippen molar-refractivity contribution in [2.45, 2.75) is 37.2 Å². The van der Waals surface area contributed by atoms with Crippen molar-refractivity contribution >= 4 is 50.9 Å². The van der Waals surface area contributed by atoms with Gasteiger partial charge < -0.3 is 4.74 Å². The van der Waals surface area contributed by atoms with E-state index in [0.29, 0.717) is 5.02 Å². The van der Waals surface area contributed by atoms with Gasteiger partial charge in [0.05, 0.1) is 11.5 Å². The molecule has 0 unspecified atom stereocenters. The molecule has 130 valence electrons. The topological polar surface area (TPSA) is 52.1 Å². The molecule has 2 aromatic heterocycles. The van der Waals surface area contributed by atoms with E-state index in [9.17, 15) is 4.79 Å². The summed E-state index contributed by atoms with van der Waals surface area (Å²) in [6.07, 6.45) is 1.40. The average molecular weight is 393 g/mol. The summed E-state index contributed by atoms with van der Waals surface area (Å²) in [5.41, 5.74) is 2.09. The Hall–Kier alpha value is -1.63. The molecule has 0 saturated carbocycles. The number of fused-ring (bicyclic) bond motifs is 1. The quantitative estimate of drug-likeness (QED) is 0.328. The number of carbonyl (C=O) groups excluding carboxylic acids is 1. The molecule has 0 aliphatic carbocycles. The standard InChI is InChI=1S/C18H17ClN2O2S2/c1-10(2)23-18(22)11(3)25-17-15-14(8-24-16(15)20-9-21-17)12-4-6-13(19)7-5-12/h4-11H,1-3H3/t11-/m0/s1. The fraction of sp³-hybridized carbons (Fsp3) is 0.278. The van der Waals surface area contributed by atoms with Crippen LogP contribution in [0.3, 0.4) is 0 Å². The normalized spacial score (nSPS) is 12.5. The fourth-order valence-electron chi connectivity index (χ4n) is 2.32. The lowest BCUT2D eigenvalue weighted by molar-refractivity contribution is -0.146. The van der Waals surface area contributed by atoms with E-state index in [1.54, 1.807) is 11.3 Å². The molecule has 0 fully saturated rings. The highest BCUT2D eigenvalue weighted by molar-refractivity contribution is 8.00. The van der Waals surface area contributed by atoms with Crippen LogP contribution in [0.15, 0.2) is 41.0 Å². The second kappa shape index (κ2) is 7.72. The van der Waals surface area contributed by atoms with Gasteiger partial charge in [0, 0.05) is 16.0 Å². The van der Waals surface area contributed by atoms with Gasteiger partial charge >= 0.3 is 5.97 Å². The second-order valence-corrected chi connectivity index (χ2v) is 8.39. The minimum absolute atomic E-state index is 0.133. The van der Waals surface area contributed by atoms with Crippen molar-refractivity contribution < 1.29 is 9.53 Å². The Morgan fingerprint density at radius 1 is 1.20 bits per heavy atom. The van der Waals surface area contributed by atoms with Crippen LogP contribution in [-0.4, -0.2) is 27.3 Å². The lowest BCUT2D eigenvalue weighted by atomic mass is 10.1. The number of halogens is 1. The summed E-state index contributed by atoms with van der Waals surface area (Å²) >= 11 is 8.94. The first-order valence-corrected chi connectivity index (χ1v) is 9.94. The van der Waals surface area contributed by atoms with Crippen LogP contribution in [0.2, 0.25) is 5.02 Å². The third-order valence-corrected chi connectivity index (χ3v) is 5.68. The number of nitrogens with zero attached hydrogens (tertiary/aromatic N) is 2.